The van der Waals surface area contributed by atoms with Gasteiger partial charge in [0.05, 0.1) is 18.4 Å². The molecule has 1 heterocycles. The highest BCUT2D eigenvalue weighted by Crippen LogP contribution is 2.25. The van der Waals surface area contributed by atoms with E-state index in [1.807, 2.05) is 36.9 Å². The van der Waals surface area contributed by atoms with Crippen molar-refractivity contribution in [1.29, 1.82) is 0 Å². The monoisotopic (exact) mass is 441 g/mol. The minimum absolute atomic E-state index is 0.0601. The van der Waals surface area contributed by atoms with Crippen LogP contribution in [0.1, 0.15) is 42.6 Å². The summed E-state index contributed by atoms with van der Waals surface area (Å²) in [5.74, 6) is -0.798. The highest BCUT2D eigenvalue weighted by molar-refractivity contribution is 5.92. The fourth-order valence-corrected chi connectivity index (χ4v) is 4.10. The molecule has 6 nitrogen and oxygen atoms in total. The van der Waals surface area contributed by atoms with Crippen LogP contribution in [-0.2, 0) is 16.1 Å². The summed E-state index contributed by atoms with van der Waals surface area (Å²) < 4.78 is 19.7. The van der Waals surface area contributed by atoms with Crippen LogP contribution in [0.3, 0.4) is 0 Å². The van der Waals surface area contributed by atoms with E-state index in [0.717, 1.165) is 31.5 Å². The van der Waals surface area contributed by atoms with E-state index in [-0.39, 0.29) is 23.6 Å². The average molecular weight is 442 g/mol. The maximum atomic E-state index is 14.8. The Hall–Kier alpha value is -2.93. The molecule has 0 atom stereocenters. The number of methoxy groups -OCH3 is 1. The van der Waals surface area contributed by atoms with E-state index in [4.69, 9.17) is 4.74 Å². The Morgan fingerprint density at radius 3 is 2.38 bits per heavy atom. The molecule has 0 bridgehead atoms. The van der Waals surface area contributed by atoms with E-state index in [9.17, 15) is 14.0 Å². The van der Waals surface area contributed by atoms with Crippen LogP contribution in [0.4, 0.5) is 15.8 Å². The lowest BCUT2D eigenvalue weighted by atomic mass is 10.0. The Balaban J connectivity index is 1.60. The summed E-state index contributed by atoms with van der Waals surface area (Å²) in [6.45, 7) is 7.45. The van der Waals surface area contributed by atoms with Crippen molar-refractivity contribution in [2.45, 2.75) is 33.2 Å². The van der Waals surface area contributed by atoms with Gasteiger partial charge in [0.25, 0.3) is 0 Å². The summed E-state index contributed by atoms with van der Waals surface area (Å²) in [4.78, 5) is 28.5. The number of piperazine rings is 1. The smallest absolute Gasteiger partial charge is 0.338 e. The number of benzene rings is 2. The Labute approximate surface area is 189 Å². The molecular weight excluding hydrogens is 409 g/mol. The number of anilines is 2. The first-order chi connectivity index (χ1) is 15.5. The number of nitrogens with zero attached hydrogens (tertiary/aromatic N) is 2. The molecule has 0 spiro atoms. The zero-order valence-electron chi connectivity index (χ0n) is 19.1. The van der Waals surface area contributed by atoms with Gasteiger partial charge in [-0.1, -0.05) is 32.0 Å². The van der Waals surface area contributed by atoms with Crippen molar-refractivity contribution < 1.29 is 18.7 Å². The van der Waals surface area contributed by atoms with Crippen LogP contribution in [0.5, 0.6) is 0 Å². The fourth-order valence-electron chi connectivity index (χ4n) is 4.10. The normalized spacial score (nSPS) is 14.5. The van der Waals surface area contributed by atoms with Gasteiger partial charge in [0.1, 0.15) is 5.82 Å². The van der Waals surface area contributed by atoms with Gasteiger partial charge in [0.2, 0.25) is 5.91 Å². The third-order valence-electron chi connectivity index (χ3n) is 6.10. The van der Waals surface area contributed by atoms with Gasteiger partial charge in [-0.2, -0.15) is 0 Å². The predicted octanol–water partition coefficient (Wildman–Crippen LogP) is 4.31. The number of ether oxygens (including phenoxy) is 1. The van der Waals surface area contributed by atoms with Crippen LogP contribution in [0.15, 0.2) is 42.5 Å². The molecule has 0 unspecified atom stereocenters. The van der Waals surface area contributed by atoms with E-state index in [0.29, 0.717) is 36.6 Å². The van der Waals surface area contributed by atoms with Crippen LogP contribution < -0.4 is 10.2 Å². The van der Waals surface area contributed by atoms with Crippen molar-refractivity contribution in [3.63, 3.8) is 0 Å². The Morgan fingerprint density at radius 2 is 1.75 bits per heavy atom. The number of nitrogens with one attached hydrogen (secondary N) is 1. The third kappa shape index (κ3) is 5.65. The summed E-state index contributed by atoms with van der Waals surface area (Å²) in [7, 11) is 1.38. The van der Waals surface area contributed by atoms with Gasteiger partial charge in [-0.15, -0.1) is 0 Å². The molecule has 172 valence electrons. The SMILES string of the molecule is CCC(CC)C(=O)Nc1ccc(N2CCN(Cc3ccccc3C(=O)OC)CC2)c(F)c1. The maximum Gasteiger partial charge on any atom is 0.338 e. The van der Waals surface area contributed by atoms with E-state index >= 15 is 0 Å². The lowest BCUT2D eigenvalue weighted by molar-refractivity contribution is -0.120. The van der Waals surface area contributed by atoms with Crippen molar-refractivity contribution in [2.24, 2.45) is 5.92 Å². The minimum atomic E-state index is -0.336. The maximum absolute atomic E-state index is 14.8. The average Bonchev–Trinajstić information content (AvgIpc) is 2.80. The first kappa shape index (κ1) is 23.7. The van der Waals surface area contributed by atoms with E-state index < -0.39 is 0 Å². The summed E-state index contributed by atoms with van der Waals surface area (Å²) >= 11 is 0. The highest BCUT2D eigenvalue weighted by atomic mass is 19.1. The van der Waals surface area contributed by atoms with Gasteiger partial charge < -0.3 is 15.0 Å². The minimum Gasteiger partial charge on any atom is -0.465 e. The van der Waals surface area contributed by atoms with Gasteiger partial charge in [-0.25, -0.2) is 9.18 Å². The number of halogens is 1. The zero-order chi connectivity index (χ0) is 23.1. The molecule has 0 radical (unpaired) electrons. The Kier molecular flexibility index (Phi) is 8.22. The molecule has 2 aromatic carbocycles. The summed E-state index contributed by atoms with van der Waals surface area (Å²) in [6, 6.07) is 12.3. The van der Waals surface area contributed by atoms with Gasteiger partial charge in [-0.3, -0.25) is 9.69 Å². The molecule has 32 heavy (non-hydrogen) atoms. The molecule has 0 saturated carbocycles. The van der Waals surface area contributed by atoms with Gasteiger partial charge in [0, 0.05) is 44.3 Å². The van der Waals surface area contributed by atoms with Crippen molar-refractivity contribution in [1.82, 2.24) is 4.90 Å². The number of hydrogen-bond acceptors (Lipinski definition) is 5. The molecule has 1 aliphatic heterocycles. The van der Waals surface area contributed by atoms with E-state index in [1.54, 1.807) is 18.2 Å². The molecule has 1 fully saturated rings. The lowest BCUT2D eigenvalue weighted by Crippen LogP contribution is -2.46. The lowest BCUT2D eigenvalue weighted by Gasteiger charge is -2.36. The fraction of sp³-hybridized carbons (Fsp3) is 0.440. The van der Waals surface area contributed by atoms with Crippen molar-refractivity contribution in [2.75, 3.05) is 43.5 Å². The summed E-state index contributed by atoms with van der Waals surface area (Å²) in [5, 5.41) is 2.82. The number of esters is 1. The van der Waals surface area contributed by atoms with Crippen molar-refractivity contribution >= 4 is 23.3 Å². The summed E-state index contributed by atoms with van der Waals surface area (Å²) in [5.41, 5.74) is 2.53. The zero-order valence-corrected chi connectivity index (χ0v) is 19.1. The molecule has 0 aliphatic carbocycles. The second-order valence-corrected chi connectivity index (χ2v) is 8.08. The molecule has 1 aliphatic rings. The molecule has 2 aromatic rings. The number of carbonyl (C=O) groups excluding carboxylic acids is 2. The van der Waals surface area contributed by atoms with E-state index in [1.165, 1.54) is 13.2 Å². The van der Waals surface area contributed by atoms with Crippen molar-refractivity contribution in [3.05, 3.63) is 59.4 Å². The topological polar surface area (TPSA) is 61.9 Å². The second-order valence-electron chi connectivity index (χ2n) is 8.08. The summed E-state index contributed by atoms with van der Waals surface area (Å²) in [6.07, 6.45) is 1.52. The van der Waals surface area contributed by atoms with Crippen LogP contribution in [0.25, 0.3) is 0 Å². The van der Waals surface area contributed by atoms with Crippen LogP contribution in [0, 0.1) is 11.7 Å². The van der Waals surface area contributed by atoms with Crippen molar-refractivity contribution in [3.8, 4) is 0 Å². The molecule has 1 N–H and O–H groups in total. The van der Waals surface area contributed by atoms with Crippen LogP contribution in [0.2, 0.25) is 0 Å². The molecule has 3 rings (SSSR count). The predicted molar refractivity (Wildman–Crippen MR) is 124 cm³/mol. The largest absolute Gasteiger partial charge is 0.465 e. The van der Waals surface area contributed by atoms with Gasteiger partial charge in [0.15, 0.2) is 0 Å². The number of rotatable bonds is 8. The molecule has 1 amide bonds. The highest BCUT2D eigenvalue weighted by Gasteiger charge is 2.22. The van der Waals surface area contributed by atoms with E-state index in [2.05, 4.69) is 10.2 Å². The molecule has 7 heteroatoms. The Bertz CT molecular complexity index is 938. The number of hydrogen-bond donors (Lipinski definition) is 1. The number of amides is 1. The van der Waals surface area contributed by atoms with Gasteiger partial charge in [-0.05, 0) is 42.7 Å². The first-order valence-electron chi connectivity index (χ1n) is 11.2. The first-order valence-corrected chi connectivity index (χ1v) is 11.2. The molecule has 0 aromatic heterocycles. The molecular formula is C25H32FN3O3. The molecule has 1 saturated heterocycles. The number of carbonyl (C=O) groups is 2. The Morgan fingerprint density at radius 1 is 1.06 bits per heavy atom. The standard InChI is InChI=1S/C25H32FN3O3/c1-4-18(5-2)24(30)27-20-10-11-23(22(26)16-20)29-14-12-28(13-15-29)17-19-8-6-7-9-21(19)25(31)32-3/h6-11,16,18H,4-5,12-15,17H2,1-3H3,(H,27,30). The quantitative estimate of drug-likeness (QED) is 0.619. The van der Waals surface area contributed by atoms with Crippen LogP contribution in [-0.4, -0.2) is 50.1 Å². The third-order valence-corrected chi connectivity index (χ3v) is 6.10. The van der Waals surface area contributed by atoms with Gasteiger partial charge >= 0.3 is 5.97 Å². The van der Waals surface area contributed by atoms with Crippen LogP contribution >= 0.6 is 0 Å². The second kappa shape index (κ2) is 11.1.